The molecule has 0 saturated carbocycles. The number of nitriles is 1. The van der Waals surface area contributed by atoms with Crippen LogP contribution in [-0.2, 0) is 4.79 Å². The molecule has 0 spiro atoms. The molecule has 0 aromatic heterocycles. The molecular formula is C17H13ClN2O. The average molecular weight is 297 g/mol. The lowest BCUT2D eigenvalue weighted by Gasteiger charge is -2.05. The van der Waals surface area contributed by atoms with Crippen molar-refractivity contribution in [1.82, 2.24) is 0 Å². The summed E-state index contributed by atoms with van der Waals surface area (Å²) in [5.74, 6) is -0.432. The molecule has 0 unspecified atom stereocenters. The number of anilines is 1. The Kier molecular flexibility index (Phi) is 4.76. The largest absolute Gasteiger partial charge is 0.321 e. The Morgan fingerprint density at radius 3 is 2.57 bits per heavy atom. The number of rotatable bonds is 3. The molecule has 21 heavy (non-hydrogen) atoms. The van der Waals surface area contributed by atoms with Crippen molar-refractivity contribution in [2.24, 2.45) is 0 Å². The minimum Gasteiger partial charge on any atom is -0.321 e. The summed E-state index contributed by atoms with van der Waals surface area (Å²) in [7, 11) is 0. The van der Waals surface area contributed by atoms with E-state index in [1.54, 1.807) is 30.3 Å². The van der Waals surface area contributed by atoms with E-state index in [2.05, 4.69) is 5.32 Å². The Balaban J connectivity index is 2.19. The van der Waals surface area contributed by atoms with E-state index >= 15 is 0 Å². The number of halogens is 1. The molecule has 2 aromatic carbocycles. The van der Waals surface area contributed by atoms with Crippen LogP contribution in [0.3, 0.4) is 0 Å². The highest BCUT2D eigenvalue weighted by molar-refractivity contribution is 6.30. The van der Waals surface area contributed by atoms with E-state index in [0.29, 0.717) is 10.7 Å². The molecule has 0 saturated heterocycles. The first-order valence-electron chi connectivity index (χ1n) is 6.34. The Morgan fingerprint density at radius 1 is 1.24 bits per heavy atom. The topological polar surface area (TPSA) is 52.9 Å². The summed E-state index contributed by atoms with van der Waals surface area (Å²) in [5.41, 5.74) is 2.49. The van der Waals surface area contributed by atoms with Gasteiger partial charge in [0.1, 0.15) is 11.6 Å². The number of hydrogen-bond acceptors (Lipinski definition) is 2. The van der Waals surface area contributed by atoms with Crippen molar-refractivity contribution in [2.45, 2.75) is 6.92 Å². The van der Waals surface area contributed by atoms with Gasteiger partial charge in [-0.15, -0.1) is 0 Å². The van der Waals surface area contributed by atoms with E-state index in [4.69, 9.17) is 16.9 Å². The van der Waals surface area contributed by atoms with Crippen molar-refractivity contribution in [2.75, 3.05) is 5.32 Å². The molecule has 4 heteroatoms. The second-order valence-corrected chi connectivity index (χ2v) is 4.98. The van der Waals surface area contributed by atoms with Gasteiger partial charge in [-0.25, -0.2) is 0 Å². The van der Waals surface area contributed by atoms with E-state index < -0.39 is 5.91 Å². The quantitative estimate of drug-likeness (QED) is 0.682. The first kappa shape index (κ1) is 14.8. The van der Waals surface area contributed by atoms with Gasteiger partial charge < -0.3 is 5.32 Å². The van der Waals surface area contributed by atoms with Gasteiger partial charge in [-0.2, -0.15) is 5.26 Å². The lowest BCUT2D eigenvalue weighted by molar-refractivity contribution is -0.112. The standard InChI is InChI=1S/C17H13ClN2O/c1-12-3-2-4-16(9-12)20-17(21)14(11-19)10-13-5-7-15(18)8-6-13/h2-10H,1H3,(H,20,21)/b14-10+. The van der Waals surface area contributed by atoms with Crippen molar-refractivity contribution in [1.29, 1.82) is 5.26 Å². The number of nitrogens with zero attached hydrogens (tertiary/aromatic N) is 1. The Morgan fingerprint density at radius 2 is 1.95 bits per heavy atom. The van der Waals surface area contributed by atoms with Gasteiger partial charge in [-0.3, -0.25) is 4.79 Å². The van der Waals surface area contributed by atoms with Crippen LogP contribution in [0.25, 0.3) is 6.08 Å². The van der Waals surface area contributed by atoms with Crippen LogP contribution in [0.5, 0.6) is 0 Å². The predicted octanol–water partition coefficient (Wildman–Crippen LogP) is 4.19. The first-order valence-corrected chi connectivity index (χ1v) is 6.71. The zero-order valence-corrected chi connectivity index (χ0v) is 12.2. The van der Waals surface area contributed by atoms with Crippen molar-refractivity contribution in [3.05, 3.63) is 70.3 Å². The fourth-order valence-electron chi connectivity index (χ4n) is 1.80. The zero-order valence-electron chi connectivity index (χ0n) is 11.4. The number of amides is 1. The van der Waals surface area contributed by atoms with Crippen molar-refractivity contribution < 1.29 is 4.79 Å². The second-order valence-electron chi connectivity index (χ2n) is 4.54. The van der Waals surface area contributed by atoms with Gasteiger partial charge in [-0.1, -0.05) is 35.9 Å². The van der Waals surface area contributed by atoms with Crippen molar-refractivity contribution in [3.63, 3.8) is 0 Å². The summed E-state index contributed by atoms with van der Waals surface area (Å²) >= 11 is 5.80. The number of carbonyl (C=O) groups is 1. The summed E-state index contributed by atoms with van der Waals surface area (Å²) in [4.78, 5) is 12.1. The molecule has 2 aromatic rings. The summed E-state index contributed by atoms with van der Waals surface area (Å²) in [6, 6.07) is 16.2. The van der Waals surface area contributed by atoms with Crippen LogP contribution in [0, 0.1) is 18.3 Å². The molecule has 1 amide bonds. The summed E-state index contributed by atoms with van der Waals surface area (Å²) in [5, 5.41) is 12.5. The van der Waals surface area contributed by atoms with Crippen LogP contribution in [0.4, 0.5) is 5.69 Å². The maximum absolute atomic E-state index is 12.1. The highest BCUT2D eigenvalue weighted by Gasteiger charge is 2.09. The smallest absolute Gasteiger partial charge is 0.266 e. The molecule has 0 bridgehead atoms. The van der Waals surface area contributed by atoms with Gasteiger partial charge in [0.2, 0.25) is 0 Å². The minimum absolute atomic E-state index is 0.0406. The van der Waals surface area contributed by atoms with Gasteiger partial charge in [0.05, 0.1) is 0 Å². The number of hydrogen-bond donors (Lipinski definition) is 1. The molecule has 0 heterocycles. The van der Waals surface area contributed by atoms with Crippen LogP contribution in [0.1, 0.15) is 11.1 Å². The molecule has 1 N–H and O–H groups in total. The van der Waals surface area contributed by atoms with Gasteiger partial charge in [-0.05, 0) is 48.4 Å². The van der Waals surface area contributed by atoms with E-state index in [1.807, 2.05) is 31.2 Å². The van der Waals surface area contributed by atoms with E-state index in [1.165, 1.54) is 6.08 Å². The molecule has 2 rings (SSSR count). The van der Waals surface area contributed by atoms with Crippen LogP contribution >= 0.6 is 11.6 Å². The number of carbonyl (C=O) groups excluding carboxylic acids is 1. The predicted molar refractivity (Wildman–Crippen MR) is 84.9 cm³/mol. The van der Waals surface area contributed by atoms with Gasteiger partial charge >= 0.3 is 0 Å². The fourth-order valence-corrected chi connectivity index (χ4v) is 1.92. The minimum atomic E-state index is -0.432. The molecule has 3 nitrogen and oxygen atoms in total. The summed E-state index contributed by atoms with van der Waals surface area (Å²) < 4.78 is 0. The second kappa shape index (κ2) is 6.74. The molecule has 0 aliphatic rings. The van der Waals surface area contributed by atoms with Crippen LogP contribution in [0.2, 0.25) is 5.02 Å². The molecule has 104 valence electrons. The molecule has 0 aliphatic heterocycles. The maximum atomic E-state index is 12.1. The van der Waals surface area contributed by atoms with Gasteiger partial charge in [0.25, 0.3) is 5.91 Å². The zero-order chi connectivity index (χ0) is 15.2. The third kappa shape index (κ3) is 4.20. The molecule has 0 fully saturated rings. The van der Waals surface area contributed by atoms with E-state index in [0.717, 1.165) is 11.1 Å². The Labute approximate surface area is 128 Å². The monoisotopic (exact) mass is 296 g/mol. The number of nitrogens with one attached hydrogen (secondary N) is 1. The van der Waals surface area contributed by atoms with Crippen molar-refractivity contribution >= 4 is 29.3 Å². The Hall–Kier alpha value is -2.57. The lowest BCUT2D eigenvalue weighted by Crippen LogP contribution is -2.13. The average Bonchev–Trinajstić information content (AvgIpc) is 2.46. The van der Waals surface area contributed by atoms with Crippen LogP contribution in [0.15, 0.2) is 54.1 Å². The fraction of sp³-hybridized carbons (Fsp3) is 0.0588. The third-order valence-corrected chi connectivity index (χ3v) is 3.07. The normalized spacial score (nSPS) is 10.8. The summed E-state index contributed by atoms with van der Waals surface area (Å²) in [6.45, 7) is 1.93. The first-order chi connectivity index (χ1) is 10.1. The third-order valence-electron chi connectivity index (χ3n) is 2.82. The van der Waals surface area contributed by atoms with Gasteiger partial charge in [0, 0.05) is 10.7 Å². The Bertz CT molecular complexity index is 727. The molecule has 0 atom stereocenters. The number of aryl methyl sites for hydroxylation is 1. The SMILES string of the molecule is Cc1cccc(NC(=O)/C(C#N)=C/c2ccc(Cl)cc2)c1. The molecule has 0 aliphatic carbocycles. The highest BCUT2D eigenvalue weighted by Crippen LogP contribution is 2.14. The van der Waals surface area contributed by atoms with Crippen LogP contribution < -0.4 is 5.32 Å². The highest BCUT2D eigenvalue weighted by atomic mass is 35.5. The van der Waals surface area contributed by atoms with Gasteiger partial charge in [0.15, 0.2) is 0 Å². The van der Waals surface area contributed by atoms with E-state index in [9.17, 15) is 4.79 Å². The number of benzene rings is 2. The van der Waals surface area contributed by atoms with Crippen molar-refractivity contribution in [3.8, 4) is 6.07 Å². The van der Waals surface area contributed by atoms with Crippen LogP contribution in [-0.4, -0.2) is 5.91 Å². The maximum Gasteiger partial charge on any atom is 0.266 e. The lowest BCUT2D eigenvalue weighted by atomic mass is 10.1. The summed E-state index contributed by atoms with van der Waals surface area (Å²) in [6.07, 6.45) is 1.53. The molecular weight excluding hydrogens is 284 g/mol. The van der Waals surface area contributed by atoms with E-state index in [-0.39, 0.29) is 5.57 Å². The molecule has 0 radical (unpaired) electrons.